The van der Waals surface area contributed by atoms with E-state index >= 15 is 0 Å². The third-order valence-corrected chi connectivity index (χ3v) is 7.42. The summed E-state index contributed by atoms with van der Waals surface area (Å²) in [5, 5.41) is 1.21. The molecule has 0 fully saturated rings. The van der Waals surface area contributed by atoms with Gasteiger partial charge in [0.1, 0.15) is 4.90 Å². The number of hydrogen-bond acceptors (Lipinski definition) is 2. The third kappa shape index (κ3) is 4.41. The van der Waals surface area contributed by atoms with Crippen LogP contribution in [0.15, 0.2) is 27.6 Å². The molecule has 0 aliphatic heterocycles. The van der Waals surface area contributed by atoms with Crippen LogP contribution in [-0.2, 0) is 10.0 Å². The first-order valence-corrected chi connectivity index (χ1v) is 10.3. The Morgan fingerprint density at radius 1 is 1.32 bits per heavy atom. The average molecular weight is 498 g/mol. The highest BCUT2D eigenvalue weighted by atomic mass is 79.9. The maximum atomic E-state index is 12.4. The van der Waals surface area contributed by atoms with Crippen molar-refractivity contribution in [3.63, 3.8) is 0 Å². The maximum absolute atomic E-state index is 12.4. The van der Waals surface area contributed by atoms with Crippen LogP contribution in [0.5, 0.6) is 0 Å². The van der Waals surface area contributed by atoms with E-state index in [1.54, 1.807) is 12.1 Å². The van der Waals surface area contributed by atoms with Crippen molar-refractivity contribution in [2.75, 3.05) is 10.7 Å². The third-order valence-electron chi connectivity index (χ3n) is 2.72. The first-order chi connectivity index (χ1) is 8.80. The molecule has 0 aliphatic carbocycles. The minimum Gasteiger partial charge on any atom is -0.207 e. The second kappa shape index (κ2) is 7.22. The minimum atomic E-state index is -3.66. The van der Waals surface area contributed by atoms with Crippen LogP contribution in [0.1, 0.15) is 13.3 Å². The Labute approximate surface area is 143 Å². The van der Waals surface area contributed by atoms with E-state index in [4.69, 9.17) is 11.6 Å². The standard InChI is InChI=1S/C11H13Br3ClNO2S/c1-2-11(6-12,7-13)16-19(17,18)10-4-3-8(14)5-9(10)15/h3-5,16H,2,6-7H2,1H3. The number of nitrogens with one attached hydrogen (secondary N) is 1. The molecule has 0 saturated carbocycles. The zero-order valence-corrected chi connectivity index (χ0v) is 16.4. The summed E-state index contributed by atoms with van der Waals surface area (Å²) in [6.07, 6.45) is 0.650. The Bertz CT molecular complexity index is 539. The smallest absolute Gasteiger partial charge is 0.207 e. The van der Waals surface area contributed by atoms with Crippen molar-refractivity contribution < 1.29 is 8.42 Å². The summed E-state index contributed by atoms with van der Waals surface area (Å²) in [5.41, 5.74) is -0.574. The second-order valence-electron chi connectivity index (χ2n) is 4.08. The van der Waals surface area contributed by atoms with Gasteiger partial charge in [0.15, 0.2) is 0 Å². The van der Waals surface area contributed by atoms with E-state index in [9.17, 15) is 8.42 Å². The molecular formula is C11H13Br3ClNO2S. The summed E-state index contributed by atoms with van der Waals surface area (Å²) < 4.78 is 28.3. The second-order valence-corrected chi connectivity index (χ2v) is 8.18. The largest absolute Gasteiger partial charge is 0.242 e. The molecule has 3 nitrogen and oxygen atoms in total. The van der Waals surface area contributed by atoms with E-state index < -0.39 is 15.6 Å². The molecule has 1 rings (SSSR count). The first-order valence-electron chi connectivity index (χ1n) is 5.41. The van der Waals surface area contributed by atoms with Gasteiger partial charge in [-0.2, -0.15) is 0 Å². The summed E-state index contributed by atoms with van der Waals surface area (Å²) in [6.45, 7) is 1.92. The molecule has 1 aromatic carbocycles. The van der Waals surface area contributed by atoms with Gasteiger partial charge in [-0.3, -0.25) is 0 Å². The van der Waals surface area contributed by atoms with Crippen LogP contribution in [0.3, 0.4) is 0 Å². The Morgan fingerprint density at radius 2 is 1.89 bits per heavy atom. The molecule has 19 heavy (non-hydrogen) atoms. The lowest BCUT2D eigenvalue weighted by atomic mass is 10.0. The van der Waals surface area contributed by atoms with E-state index in [2.05, 4.69) is 52.5 Å². The molecule has 0 saturated heterocycles. The SMILES string of the molecule is CCC(CBr)(CBr)NS(=O)(=O)c1ccc(Br)cc1Cl. The molecule has 1 N–H and O–H groups in total. The number of rotatable bonds is 6. The highest BCUT2D eigenvalue weighted by molar-refractivity contribution is 9.10. The Hall–Kier alpha value is 0.860. The molecule has 0 radical (unpaired) electrons. The van der Waals surface area contributed by atoms with Crippen LogP contribution in [0, 0.1) is 0 Å². The van der Waals surface area contributed by atoms with Crippen molar-refractivity contribution in [2.24, 2.45) is 0 Å². The van der Waals surface area contributed by atoms with Crippen LogP contribution in [-0.4, -0.2) is 24.6 Å². The molecule has 108 valence electrons. The normalized spacial score (nSPS) is 12.7. The number of hydrogen-bond donors (Lipinski definition) is 1. The van der Waals surface area contributed by atoms with Crippen LogP contribution < -0.4 is 4.72 Å². The zero-order chi connectivity index (χ0) is 14.7. The molecule has 0 unspecified atom stereocenters. The summed E-state index contributed by atoms with van der Waals surface area (Å²) in [6, 6.07) is 4.69. The fraction of sp³-hybridized carbons (Fsp3) is 0.455. The monoisotopic (exact) mass is 495 g/mol. The van der Waals surface area contributed by atoms with Crippen LogP contribution in [0.25, 0.3) is 0 Å². The summed E-state index contributed by atoms with van der Waals surface area (Å²) in [7, 11) is -3.66. The fourth-order valence-corrected chi connectivity index (χ4v) is 6.27. The molecule has 0 amide bonds. The highest BCUT2D eigenvalue weighted by Crippen LogP contribution is 2.27. The molecule has 1 aromatic rings. The van der Waals surface area contributed by atoms with E-state index in [0.29, 0.717) is 17.1 Å². The summed E-state index contributed by atoms with van der Waals surface area (Å²) in [4.78, 5) is 0.0806. The lowest BCUT2D eigenvalue weighted by Crippen LogP contribution is -2.50. The van der Waals surface area contributed by atoms with Crippen molar-refractivity contribution in [1.82, 2.24) is 4.72 Å². The number of alkyl halides is 2. The first kappa shape index (κ1) is 17.9. The molecule has 0 aromatic heterocycles. The highest BCUT2D eigenvalue weighted by Gasteiger charge is 2.32. The summed E-state index contributed by atoms with van der Waals surface area (Å²) >= 11 is 16.0. The van der Waals surface area contributed by atoms with Gasteiger partial charge in [-0.1, -0.05) is 66.3 Å². The van der Waals surface area contributed by atoms with Gasteiger partial charge in [0, 0.05) is 15.1 Å². The molecular weight excluding hydrogens is 485 g/mol. The molecule has 0 aliphatic rings. The molecule has 0 spiro atoms. The average Bonchev–Trinajstić information content (AvgIpc) is 2.35. The molecule has 0 bridgehead atoms. The van der Waals surface area contributed by atoms with Crippen molar-refractivity contribution in [3.05, 3.63) is 27.7 Å². The predicted octanol–water partition coefficient (Wildman–Crippen LogP) is 4.32. The molecule has 0 atom stereocenters. The fourth-order valence-electron chi connectivity index (χ4n) is 1.38. The van der Waals surface area contributed by atoms with Crippen molar-refractivity contribution in [1.29, 1.82) is 0 Å². The van der Waals surface area contributed by atoms with Gasteiger partial charge in [-0.25, -0.2) is 13.1 Å². The Morgan fingerprint density at radius 3 is 2.32 bits per heavy atom. The lowest BCUT2D eigenvalue weighted by molar-refractivity contribution is 0.459. The van der Waals surface area contributed by atoms with Crippen molar-refractivity contribution in [3.8, 4) is 0 Å². The van der Waals surface area contributed by atoms with Gasteiger partial charge in [0.05, 0.1) is 10.6 Å². The minimum absolute atomic E-state index is 0.0806. The Balaban J connectivity index is 3.17. The van der Waals surface area contributed by atoms with E-state index in [0.717, 1.165) is 4.47 Å². The van der Waals surface area contributed by atoms with E-state index in [1.165, 1.54) is 6.07 Å². The quantitative estimate of drug-likeness (QED) is 0.594. The Kier molecular flexibility index (Phi) is 6.81. The number of halogens is 4. The van der Waals surface area contributed by atoms with Crippen LogP contribution in [0.2, 0.25) is 5.02 Å². The van der Waals surface area contributed by atoms with Crippen LogP contribution in [0.4, 0.5) is 0 Å². The van der Waals surface area contributed by atoms with Gasteiger partial charge in [0.25, 0.3) is 0 Å². The lowest BCUT2D eigenvalue weighted by Gasteiger charge is -2.29. The topological polar surface area (TPSA) is 46.2 Å². The van der Waals surface area contributed by atoms with Gasteiger partial charge < -0.3 is 0 Å². The number of benzene rings is 1. The van der Waals surface area contributed by atoms with Crippen molar-refractivity contribution >= 4 is 69.4 Å². The number of sulfonamides is 1. The van der Waals surface area contributed by atoms with Crippen molar-refractivity contribution in [2.45, 2.75) is 23.8 Å². The summed E-state index contributed by atoms with van der Waals surface area (Å²) in [5.74, 6) is 0. The predicted molar refractivity (Wildman–Crippen MR) is 90.1 cm³/mol. The molecule has 0 heterocycles. The zero-order valence-electron chi connectivity index (χ0n) is 10.1. The maximum Gasteiger partial charge on any atom is 0.242 e. The molecule has 8 heteroatoms. The van der Waals surface area contributed by atoms with Gasteiger partial charge in [-0.15, -0.1) is 0 Å². The van der Waals surface area contributed by atoms with Crippen LogP contribution >= 0.6 is 59.4 Å². The van der Waals surface area contributed by atoms with Gasteiger partial charge in [-0.05, 0) is 24.6 Å². The van der Waals surface area contributed by atoms with E-state index in [1.807, 2.05) is 6.92 Å². The van der Waals surface area contributed by atoms with E-state index in [-0.39, 0.29) is 9.92 Å². The van der Waals surface area contributed by atoms with Gasteiger partial charge >= 0.3 is 0 Å². The van der Waals surface area contributed by atoms with Gasteiger partial charge in [0.2, 0.25) is 10.0 Å².